The summed E-state index contributed by atoms with van der Waals surface area (Å²) in [6, 6.07) is 1.89. The average molecular weight is 329 g/mol. The van der Waals surface area contributed by atoms with E-state index in [0.717, 1.165) is 28.2 Å². The smallest absolute Gasteiger partial charge is 0.158 e. The zero-order chi connectivity index (χ0) is 11.4. The van der Waals surface area contributed by atoms with Crippen LogP contribution in [0.5, 0.6) is 0 Å². The summed E-state index contributed by atoms with van der Waals surface area (Å²) in [4.78, 5) is 8.32. The molecule has 2 heterocycles. The second kappa shape index (κ2) is 5.24. The van der Waals surface area contributed by atoms with E-state index in [0.29, 0.717) is 0 Å². The van der Waals surface area contributed by atoms with Gasteiger partial charge in [-0.15, -0.1) is 0 Å². The number of aromatic nitrogens is 4. The summed E-state index contributed by atoms with van der Waals surface area (Å²) in [7, 11) is 0. The number of nitrogens with zero attached hydrogens (tertiary/aromatic N) is 4. The van der Waals surface area contributed by atoms with Crippen molar-refractivity contribution in [1.82, 2.24) is 19.7 Å². The van der Waals surface area contributed by atoms with Crippen LogP contribution >= 0.6 is 22.6 Å². The molecule has 2 aromatic heterocycles. The van der Waals surface area contributed by atoms with Crippen LogP contribution in [0, 0.1) is 3.57 Å². The van der Waals surface area contributed by atoms with E-state index in [1.807, 2.05) is 12.3 Å². The van der Waals surface area contributed by atoms with Gasteiger partial charge in [0, 0.05) is 18.8 Å². The third-order valence-corrected chi connectivity index (χ3v) is 2.55. The van der Waals surface area contributed by atoms with Crippen molar-refractivity contribution in [2.45, 2.75) is 13.3 Å². The van der Waals surface area contributed by atoms with Crippen molar-refractivity contribution >= 4 is 28.4 Å². The molecule has 16 heavy (non-hydrogen) atoms. The number of hydrogen-bond donors (Lipinski definition) is 1. The highest BCUT2D eigenvalue weighted by Crippen LogP contribution is 2.10. The van der Waals surface area contributed by atoms with Gasteiger partial charge in [-0.3, -0.25) is 0 Å². The molecule has 2 rings (SSSR count). The van der Waals surface area contributed by atoms with Crippen molar-refractivity contribution in [2.24, 2.45) is 0 Å². The first-order chi connectivity index (χ1) is 7.79. The van der Waals surface area contributed by atoms with Gasteiger partial charge in [-0.2, -0.15) is 5.10 Å². The summed E-state index contributed by atoms with van der Waals surface area (Å²) >= 11 is 2.22. The summed E-state index contributed by atoms with van der Waals surface area (Å²) < 4.78 is 2.82. The molecule has 0 saturated heterocycles. The average Bonchev–Trinajstić information content (AvgIpc) is 2.74. The molecular weight excluding hydrogens is 317 g/mol. The molecule has 0 aliphatic carbocycles. The number of nitrogens with one attached hydrogen (secondary N) is 1. The van der Waals surface area contributed by atoms with Crippen molar-refractivity contribution in [3.63, 3.8) is 0 Å². The highest BCUT2D eigenvalue weighted by Gasteiger charge is 2.02. The summed E-state index contributed by atoms with van der Waals surface area (Å²) in [6.07, 6.45) is 6.33. The third kappa shape index (κ3) is 2.69. The molecule has 0 amide bonds. The van der Waals surface area contributed by atoms with Crippen LogP contribution in [0.1, 0.15) is 13.3 Å². The van der Waals surface area contributed by atoms with E-state index < -0.39 is 0 Å². The molecule has 5 nitrogen and oxygen atoms in total. The van der Waals surface area contributed by atoms with Crippen LogP contribution in [0.15, 0.2) is 24.8 Å². The fourth-order valence-corrected chi connectivity index (χ4v) is 1.64. The topological polar surface area (TPSA) is 55.6 Å². The van der Waals surface area contributed by atoms with Crippen molar-refractivity contribution in [3.8, 4) is 5.82 Å². The van der Waals surface area contributed by atoms with Crippen LogP contribution in [0.4, 0.5) is 5.82 Å². The van der Waals surface area contributed by atoms with Crippen LogP contribution in [0.2, 0.25) is 0 Å². The van der Waals surface area contributed by atoms with Crippen LogP contribution in [-0.4, -0.2) is 26.3 Å². The molecule has 6 heteroatoms. The molecule has 0 atom stereocenters. The Morgan fingerprint density at radius 3 is 3.00 bits per heavy atom. The van der Waals surface area contributed by atoms with Crippen LogP contribution in [0.25, 0.3) is 5.82 Å². The minimum atomic E-state index is 0.775. The zero-order valence-electron chi connectivity index (χ0n) is 8.89. The Morgan fingerprint density at radius 2 is 2.31 bits per heavy atom. The largest absolute Gasteiger partial charge is 0.370 e. The molecule has 0 bridgehead atoms. The Balaban J connectivity index is 2.22. The molecule has 0 unspecified atom stereocenters. The van der Waals surface area contributed by atoms with E-state index in [1.165, 1.54) is 0 Å². The molecule has 0 aliphatic heterocycles. The highest BCUT2D eigenvalue weighted by molar-refractivity contribution is 14.1. The van der Waals surface area contributed by atoms with Gasteiger partial charge in [0.15, 0.2) is 5.82 Å². The van der Waals surface area contributed by atoms with Crippen LogP contribution < -0.4 is 5.32 Å². The first-order valence-corrected chi connectivity index (χ1v) is 6.14. The predicted octanol–water partition coefficient (Wildman–Crippen LogP) is 2.09. The Kier molecular flexibility index (Phi) is 3.70. The van der Waals surface area contributed by atoms with Crippen LogP contribution in [0.3, 0.4) is 0 Å². The van der Waals surface area contributed by atoms with Crippen molar-refractivity contribution in [1.29, 1.82) is 0 Å². The maximum atomic E-state index is 4.20. The number of rotatable bonds is 4. The minimum Gasteiger partial charge on any atom is -0.370 e. The fraction of sp³-hybridized carbons (Fsp3) is 0.300. The van der Waals surface area contributed by atoms with Crippen molar-refractivity contribution in [3.05, 3.63) is 28.4 Å². The van der Waals surface area contributed by atoms with Gasteiger partial charge >= 0.3 is 0 Å². The Labute approximate surface area is 107 Å². The first kappa shape index (κ1) is 11.3. The van der Waals surface area contributed by atoms with E-state index in [-0.39, 0.29) is 0 Å². The summed E-state index contributed by atoms with van der Waals surface area (Å²) in [5, 5.41) is 7.42. The summed E-state index contributed by atoms with van der Waals surface area (Å²) in [6.45, 7) is 3.03. The minimum absolute atomic E-state index is 0.775. The molecular formula is C10H12IN5. The first-order valence-electron chi connectivity index (χ1n) is 5.06. The van der Waals surface area contributed by atoms with Gasteiger partial charge < -0.3 is 5.32 Å². The third-order valence-electron chi connectivity index (χ3n) is 1.99. The van der Waals surface area contributed by atoms with E-state index in [9.17, 15) is 0 Å². The van der Waals surface area contributed by atoms with E-state index in [4.69, 9.17) is 0 Å². The van der Waals surface area contributed by atoms with Gasteiger partial charge in [0.05, 0.1) is 9.77 Å². The van der Waals surface area contributed by atoms with Gasteiger partial charge in [-0.1, -0.05) is 6.92 Å². The fourth-order valence-electron chi connectivity index (χ4n) is 1.25. The van der Waals surface area contributed by atoms with Gasteiger partial charge in [0.2, 0.25) is 0 Å². The van der Waals surface area contributed by atoms with Gasteiger partial charge in [0.1, 0.15) is 12.1 Å². The standard InChI is InChI=1S/C10H12IN5/c1-2-3-12-9-4-10(14-7-13-9)16-6-8(11)5-15-16/h4-7H,2-3H2,1H3,(H,12,13,14). The molecule has 0 aromatic carbocycles. The predicted molar refractivity (Wildman–Crippen MR) is 70.7 cm³/mol. The van der Waals surface area contributed by atoms with Crippen molar-refractivity contribution < 1.29 is 0 Å². The van der Waals surface area contributed by atoms with E-state index in [2.05, 4.69) is 49.9 Å². The SMILES string of the molecule is CCCNc1cc(-n2cc(I)cn2)ncn1. The molecule has 2 aromatic rings. The molecule has 0 fully saturated rings. The molecule has 0 aliphatic rings. The number of hydrogen-bond acceptors (Lipinski definition) is 4. The van der Waals surface area contributed by atoms with Gasteiger partial charge in [-0.05, 0) is 29.0 Å². The maximum absolute atomic E-state index is 4.20. The lowest BCUT2D eigenvalue weighted by Gasteiger charge is -2.05. The molecule has 1 N–H and O–H groups in total. The quantitative estimate of drug-likeness (QED) is 0.873. The molecule has 84 valence electrons. The highest BCUT2D eigenvalue weighted by atomic mass is 127. The van der Waals surface area contributed by atoms with E-state index in [1.54, 1.807) is 17.2 Å². The monoisotopic (exact) mass is 329 g/mol. The van der Waals surface area contributed by atoms with Crippen molar-refractivity contribution in [2.75, 3.05) is 11.9 Å². The Hall–Kier alpha value is -1.18. The molecule has 0 saturated carbocycles. The Morgan fingerprint density at radius 1 is 1.44 bits per heavy atom. The van der Waals surface area contributed by atoms with Crippen LogP contribution in [-0.2, 0) is 0 Å². The number of anilines is 1. The lowest BCUT2D eigenvalue weighted by atomic mass is 10.4. The summed E-state index contributed by atoms with van der Waals surface area (Å²) in [5.74, 6) is 1.61. The van der Waals surface area contributed by atoms with Gasteiger partial charge in [0.25, 0.3) is 0 Å². The number of halogens is 1. The Bertz CT molecular complexity index is 468. The van der Waals surface area contributed by atoms with Gasteiger partial charge in [-0.25, -0.2) is 14.6 Å². The molecule has 0 spiro atoms. The lowest BCUT2D eigenvalue weighted by molar-refractivity contribution is 0.838. The second-order valence-electron chi connectivity index (χ2n) is 3.29. The molecule has 0 radical (unpaired) electrons. The maximum Gasteiger partial charge on any atom is 0.158 e. The lowest BCUT2D eigenvalue weighted by Crippen LogP contribution is -2.05. The van der Waals surface area contributed by atoms with E-state index >= 15 is 0 Å². The normalized spacial score (nSPS) is 10.4. The second-order valence-corrected chi connectivity index (χ2v) is 4.54. The zero-order valence-corrected chi connectivity index (χ0v) is 11.0. The summed E-state index contributed by atoms with van der Waals surface area (Å²) in [5.41, 5.74) is 0.